The van der Waals surface area contributed by atoms with E-state index in [1.807, 2.05) is 6.07 Å². The van der Waals surface area contributed by atoms with Crippen LogP contribution in [-0.2, 0) is 9.53 Å². The molecule has 0 radical (unpaired) electrons. The first-order chi connectivity index (χ1) is 13.6. The van der Waals surface area contributed by atoms with E-state index in [1.165, 1.54) is 25.5 Å². The van der Waals surface area contributed by atoms with E-state index in [2.05, 4.69) is 33.0 Å². The van der Waals surface area contributed by atoms with E-state index in [4.69, 9.17) is 4.74 Å². The van der Waals surface area contributed by atoms with Gasteiger partial charge in [0.2, 0.25) is 5.91 Å². The van der Waals surface area contributed by atoms with Gasteiger partial charge >= 0.3 is 0 Å². The first kappa shape index (κ1) is 21.6. The molecule has 29 heavy (non-hydrogen) atoms. The van der Waals surface area contributed by atoms with Crippen molar-refractivity contribution in [1.29, 1.82) is 0 Å². The smallest absolute Gasteiger partial charge is 0.224 e. The SMILES string of the molecule is CO/C=C\c1c(C=O)cccc1NC(=O)CC1(C)CC2CC(C)(C)CC(C)(C2)C1. The third-order valence-corrected chi connectivity index (χ3v) is 6.66. The summed E-state index contributed by atoms with van der Waals surface area (Å²) >= 11 is 0. The third-order valence-electron chi connectivity index (χ3n) is 6.66. The Balaban J connectivity index is 1.75. The number of rotatable bonds is 6. The summed E-state index contributed by atoms with van der Waals surface area (Å²) in [5, 5.41) is 3.06. The number of hydrogen-bond donors (Lipinski definition) is 1. The van der Waals surface area contributed by atoms with Crippen LogP contribution in [-0.4, -0.2) is 19.3 Å². The molecule has 3 atom stereocenters. The average Bonchev–Trinajstić information content (AvgIpc) is 2.56. The zero-order valence-electron chi connectivity index (χ0n) is 18.5. The number of benzene rings is 1. The molecule has 0 saturated heterocycles. The molecule has 4 nitrogen and oxygen atoms in total. The summed E-state index contributed by atoms with van der Waals surface area (Å²) in [4.78, 5) is 24.4. The molecular formula is C25H35NO3. The van der Waals surface area contributed by atoms with Crippen LogP contribution in [0.25, 0.3) is 6.08 Å². The molecule has 2 bridgehead atoms. The van der Waals surface area contributed by atoms with Crippen molar-refractivity contribution in [3.8, 4) is 0 Å². The summed E-state index contributed by atoms with van der Waals surface area (Å²) in [6, 6.07) is 5.37. The molecule has 0 aromatic heterocycles. The predicted octanol–water partition coefficient (Wildman–Crippen LogP) is 6.08. The van der Waals surface area contributed by atoms with Crippen molar-refractivity contribution >= 4 is 24.0 Å². The van der Waals surface area contributed by atoms with Crippen molar-refractivity contribution in [1.82, 2.24) is 0 Å². The van der Waals surface area contributed by atoms with Gasteiger partial charge in [-0.3, -0.25) is 9.59 Å². The van der Waals surface area contributed by atoms with Crippen LogP contribution in [0, 0.1) is 22.2 Å². The van der Waals surface area contributed by atoms with Gasteiger partial charge in [0, 0.05) is 23.2 Å². The molecule has 1 amide bonds. The number of fused-ring (bicyclic) bond motifs is 2. The predicted molar refractivity (Wildman–Crippen MR) is 118 cm³/mol. The fraction of sp³-hybridized carbons (Fsp3) is 0.600. The van der Waals surface area contributed by atoms with E-state index in [0.717, 1.165) is 19.1 Å². The van der Waals surface area contributed by atoms with Gasteiger partial charge in [-0.15, -0.1) is 0 Å². The lowest BCUT2D eigenvalue weighted by Crippen LogP contribution is -2.46. The Morgan fingerprint density at radius 2 is 1.93 bits per heavy atom. The molecule has 158 valence electrons. The lowest BCUT2D eigenvalue weighted by Gasteiger charge is -2.56. The Hall–Kier alpha value is -2.10. The third kappa shape index (κ3) is 5.09. The van der Waals surface area contributed by atoms with Crippen LogP contribution in [0.1, 0.15) is 82.1 Å². The zero-order chi connectivity index (χ0) is 21.3. The number of nitrogens with one attached hydrogen (secondary N) is 1. The molecule has 2 aliphatic carbocycles. The lowest BCUT2D eigenvalue weighted by molar-refractivity contribution is -0.121. The zero-order valence-corrected chi connectivity index (χ0v) is 18.5. The molecule has 3 unspecified atom stereocenters. The van der Waals surface area contributed by atoms with Crippen LogP contribution in [0.4, 0.5) is 5.69 Å². The fourth-order valence-corrected chi connectivity index (χ4v) is 6.76. The first-order valence-corrected chi connectivity index (χ1v) is 10.6. The number of amides is 1. The minimum Gasteiger partial charge on any atom is -0.504 e. The van der Waals surface area contributed by atoms with E-state index in [0.29, 0.717) is 40.0 Å². The van der Waals surface area contributed by atoms with Gasteiger partial charge in [-0.05, 0) is 66.4 Å². The van der Waals surface area contributed by atoms with Crippen molar-refractivity contribution in [2.45, 2.75) is 66.2 Å². The molecule has 2 fully saturated rings. The number of aldehydes is 1. The molecule has 1 N–H and O–H groups in total. The highest BCUT2D eigenvalue weighted by molar-refractivity contribution is 5.96. The second-order valence-electron chi connectivity index (χ2n) is 10.8. The highest BCUT2D eigenvalue weighted by atomic mass is 16.5. The molecule has 3 rings (SSSR count). The molecule has 4 heteroatoms. The van der Waals surface area contributed by atoms with E-state index in [1.54, 1.807) is 25.3 Å². The molecule has 0 spiro atoms. The standard InChI is InChI=1S/C25H35NO3/c1-23(2)11-18-12-24(3,17-25(4,13-18)16-23)14-22(28)26-21-8-6-7-19(15-27)20(21)9-10-29-5/h6-10,15,18H,11-14,16-17H2,1-5H3,(H,26,28)/b10-9-. The van der Waals surface area contributed by atoms with E-state index in [9.17, 15) is 9.59 Å². The Kier molecular flexibility index (Phi) is 5.93. The van der Waals surface area contributed by atoms with Crippen LogP contribution in [0.2, 0.25) is 0 Å². The van der Waals surface area contributed by atoms with Crippen molar-refractivity contribution in [2.75, 3.05) is 12.4 Å². The van der Waals surface area contributed by atoms with E-state index >= 15 is 0 Å². The molecule has 2 aliphatic rings. The second-order valence-corrected chi connectivity index (χ2v) is 10.8. The maximum Gasteiger partial charge on any atom is 0.224 e. The second kappa shape index (κ2) is 7.97. The highest BCUT2D eigenvalue weighted by Crippen LogP contribution is 2.60. The van der Waals surface area contributed by atoms with Crippen molar-refractivity contribution in [2.24, 2.45) is 22.2 Å². The minimum atomic E-state index is 0.0169. The Labute approximate surface area is 175 Å². The summed E-state index contributed by atoms with van der Waals surface area (Å²) in [7, 11) is 1.56. The largest absolute Gasteiger partial charge is 0.504 e. The van der Waals surface area contributed by atoms with Gasteiger partial charge in [0.05, 0.1) is 13.4 Å². The van der Waals surface area contributed by atoms with Crippen molar-refractivity contribution in [3.05, 3.63) is 35.6 Å². The van der Waals surface area contributed by atoms with Gasteiger partial charge in [0.15, 0.2) is 6.29 Å². The minimum absolute atomic E-state index is 0.0169. The van der Waals surface area contributed by atoms with Crippen LogP contribution in [0.5, 0.6) is 0 Å². The topological polar surface area (TPSA) is 55.4 Å². The maximum absolute atomic E-state index is 13.0. The number of hydrogen-bond acceptors (Lipinski definition) is 3. The van der Waals surface area contributed by atoms with Crippen LogP contribution in [0.15, 0.2) is 24.5 Å². The fourth-order valence-electron chi connectivity index (χ4n) is 6.76. The van der Waals surface area contributed by atoms with Gasteiger partial charge in [-0.2, -0.15) is 0 Å². The lowest BCUT2D eigenvalue weighted by atomic mass is 9.49. The number of ether oxygens (including phenoxy) is 1. The summed E-state index contributed by atoms with van der Waals surface area (Å²) in [6.07, 6.45) is 10.5. The van der Waals surface area contributed by atoms with Gasteiger partial charge in [-0.25, -0.2) is 0 Å². The number of anilines is 1. The number of methoxy groups -OCH3 is 1. The quantitative estimate of drug-likeness (QED) is 0.468. The summed E-state index contributed by atoms with van der Waals surface area (Å²) < 4.78 is 5.00. The summed E-state index contributed by atoms with van der Waals surface area (Å²) in [5.41, 5.74) is 2.60. The normalized spacial score (nSPS) is 30.7. The summed E-state index contributed by atoms with van der Waals surface area (Å²) in [5.74, 6) is 0.722. The monoisotopic (exact) mass is 397 g/mol. The van der Waals surface area contributed by atoms with Crippen LogP contribution >= 0.6 is 0 Å². The van der Waals surface area contributed by atoms with Gasteiger partial charge < -0.3 is 10.1 Å². The molecule has 1 aromatic carbocycles. The van der Waals surface area contributed by atoms with Gasteiger partial charge in [0.1, 0.15) is 0 Å². The van der Waals surface area contributed by atoms with E-state index < -0.39 is 0 Å². The Morgan fingerprint density at radius 3 is 2.59 bits per heavy atom. The summed E-state index contributed by atoms with van der Waals surface area (Å²) in [6.45, 7) is 9.48. The number of carbonyl (C=O) groups excluding carboxylic acids is 2. The maximum atomic E-state index is 13.0. The molecule has 0 heterocycles. The average molecular weight is 398 g/mol. The van der Waals surface area contributed by atoms with Crippen molar-refractivity contribution < 1.29 is 14.3 Å². The van der Waals surface area contributed by atoms with E-state index in [-0.39, 0.29) is 11.3 Å². The highest BCUT2D eigenvalue weighted by Gasteiger charge is 2.50. The van der Waals surface area contributed by atoms with Crippen LogP contribution < -0.4 is 5.32 Å². The Morgan fingerprint density at radius 1 is 1.17 bits per heavy atom. The first-order valence-electron chi connectivity index (χ1n) is 10.6. The van der Waals surface area contributed by atoms with Crippen molar-refractivity contribution in [3.63, 3.8) is 0 Å². The molecular weight excluding hydrogens is 362 g/mol. The number of carbonyl (C=O) groups is 2. The Bertz CT molecular complexity index is 810. The van der Waals surface area contributed by atoms with Gasteiger partial charge in [0.25, 0.3) is 0 Å². The van der Waals surface area contributed by atoms with Crippen LogP contribution in [0.3, 0.4) is 0 Å². The van der Waals surface area contributed by atoms with Gasteiger partial charge in [-0.1, -0.05) is 39.8 Å². The molecule has 2 saturated carbocycles. The molecule has 0 aliphatic heterocycles. The molecule has 1 aromatic rings.